The molecule has 4 heteroatoms. The molecule has 1 aromatic rings. The van der Waals surface area contributed by atoms with Crippen LogP contribution in [0.3, 0.4) is 0 Å². The lowest BCUT2D eigenvalue weighted by Gasteiger charge is -2.21. The molecule has 0 saturated heterocycles. The van der Waals surface area contributed by atoms with Gasteiger partial charge in [-0.1, -0.05) is 36.0 Å². The zero-order chi connectivity index (χ0) is 12.4. The van der Waals surface area contributed by atoms with Gasteiger partial charge in [0, 0.05) is 17.1 Å². The van der Waals surface area contributed by atoms with Crippen LogP contribution in [0.25, 0.3) is 0 Å². The van der Waals surface area contributed by atoms with Crippen LogP contribution in [-0.2, 0) is 0 Å². The van der Waals surface area contributed by atoms with E-state index in [4.69, 9.17) is 33.7 Å². The Morgan fingerprint density at radius 3 is 2.47 bits per heavy atom. The van der Waals surface area contributed by atoms with E-state index in [1.807, 2.05) is 6.07 Å². The van der Waals surface area contributed by atoms with Crippen molar-refractivity contribution >= 4 is 23.2 Å². The third-order valence-electron chi connectivity index (χ3n) is 3.54. The van der Waals surface area contributed by atoms with Crippen LogP contribution in [0.4, 0.5) is 0 Å². The maximum absolute atomic E-state index is 6.28. The van der Waals surface area contributed by atoms with Crippen LogP contribution in [0, 0.1) is 5.92 Å². The number of hydrogen-bond acceptors (Lipinski definition) is 2. The lowest BCUT2D eigenvalue weighted by Crippen LogP contribution is -2.19. The predicted octanol–water partition coefficient (Wildman–Crippen LogP) is 4.19. The average molecular weight is 274 g/mol. The lowest BCUT2D eigenvalue weighted by molar-refractivity contribution is 0.413. The van der Waals surface area contributed by atoms with E-state index in [0.29, 0.717) is 21.7 Å². The van der Waals surface area contributed by atoms with E-state index < -0.39 is 0 Å². The fourth-order valence-electron chi connectivity index (χ4n) is 2.53. The number of hydrogen-bond donors (Lipinski definition) is 1. The van der Waals surface area contributed by atoms with Gasteiger partial charge in [0.25, 0.3) is 0 Å². The summed E-state index contributed by atoms with van der Waals surface area (Å²) in [6.07, 6.45) is 4.89. The van der Waals surface area contributed by atoms with Gasteiger partial charge in [-0.25, -0.2) is 0 Å². The SMILES string of the molecule is COc1cc(Cl)c(C(N)C2CCCC2)cc1Cl. The Morgan fingerprint density at radius 2 is 1.88 bits per heavy atom. The molecule has 0 aromatic heterocycles. The van der Waals surface area contributed by atoms with Gasteiger partial charge in [0.05, 0.1) is 12.1 Å². The summed E-state index contributed by atoms with van der Waals surface area (Å²) in [5.41, 5.74) is 7.21. The van der Waals surface area contributed by atoms with Gasteiger partial charge in [-0.3, -0.25) is 0 Å². The number of methoxy groups -OCH3 is 1. The van der Waals surface area contributed by atoms with E-state index in [-0.39, 0.29) is 6.04 Å². The van der Waals surface area contributed by atoms with E-state index in [1.54, 1.807) is 13.2 Å². The van der Waals surface area contributed by atoms with Gasteiger partial charge < -0.3 is 10.5 Å². The summed E-state index contributed by atoms with van der Waals surface area (Å²) in [5, 5.41) is 1.21. The Kier molecular flexibility index (Phi) is 4.18. The van der Waals surface area contributed by atoms with E-state index in [1.165, 1.54) is 25.7 Å². The first-order valence-electron chi connectivity index (χ1n) is 5.92. The predicted molar refractivity (Wildman–Crippen MR) is 71.9 cm³/mol. The van der Waals surface area contributed by atoms with Gasteiger partial charge >= 0.3 is 0 Å². The Balaban J connectivity index is 2.28. The highest BCUT2D eigenvalue weighted by Gasteiger charge is 2.25. The molecule has 94 valence electrons. The molecule has 1 atom stereocenters. The summed E-state index contributed by atoms with van der Waals surface area (Å²) in [6.45, 7) is 0. The number of ether oxygens (including phenoxy) is 1. The molecule has 2 N–H and O–H groups in total. The molecule has 2 rings (SSSR count). The highest BCUT2D eigenvalue weighted by Crippen LogP contribution is 2.39. The van der Waals surface area contributed by atoms with Crippen LogP contribution in [0.5, 0.6) is 5.75 Å². The molecule has 1 aliphatic carbocycles. The van der Waals surface area contributed by atoms with Gasteiger partial charge in [0.15, 0.2) is 0 Å². The Morgan fingerprint density at radius 1 is 1.24 bits per heavy atom. The molecule has 1 unspecified atom stereocenters. The maximum Gasteiger partial charge on any atom is 0.138 e. The lowest BCUT2D eigenvalue weighted by atomic mass is 9.92. The Bertz CT molecular complexity index is 403. The summed E-state index contributed by atoms with van der Waals surface area (Å²) in [4.78, 5) is 0. The minimum atomic E-state index is -0.0200. The van der Waals surface area contributed by atoms with Crippen molar-refractivity contribution in [2.45, 2.75) is 31.7 Å². The molecule has 2 nitrogen and oxygen atoms in total. The molecular weight excluding hydrogens is 257 g/mol. The van der Waals surface area contributed by atoms with E-state index in [0.717, 1.165) is 5.56 Å². The minimum Gasteiger partial charge on any atom is -0.495 e. The van der Waals surface area contributed by atoms with E-state index in [2.05, 4.69) is 0 Å². The van der Waals surface area contributed by atoms with Crippen molar-refractivity contribution in [1.82, 2.24) is 0 Å². The topological polar surface area (TPSA) is 35.2 Å². The maximum atomic E-state index is 6.28. The van der Waals surface area contributed by atoms with Gasteiger partial charge in [0.2, 0.25) is 0 Å². The average Bonchev–Trinajstić information content (AvgIpc) is 2.84. The van der Waals surface area contributed by atoms with E-state index >= 15 is 0 Å². The van der Waals surface area contributed by atoms with Gasteiger partial charge in [0.1, 0.15) is 5.75 Å². The number of rotatable bonds is 3. The summed E-state index contributed by atoms with van der Waals surface area (Å²) in [6, 6.07) is 3.56. The van der Waals surface area contributed by atoms with Crippen LogP contribution in [0.15, 0.2) is 12.1 Å². The Labute approximate surface area is 112 Å². The van der Waals surface area contributed by atoms with Crippen molar-refractivity contribution in [3.05, 3.63) is 27.7 Å². The highest BCUT2D eigenvalue weighted by molar-refractivity contribution is 6.34. The molecule has 1 saturated carbocycles. The second-order valence-electron chi connectivity index (χ2n) is 4.58. The zero-order valence-corrected chi connectivity index (χ0v) is 11.4. The smallest absolute Gasteiger partial charge is 0.138 e. The first-order chi connectivity index (χ1) is 8.13. The molecule has 1 aliphatic rings. The van der Waals surface area contributed by atoms with Crippen molar-refractivity contribution in [3.63, 3.8) is 0 Å². The number of nitrogens with two attached hydrogens (primary N) is 1. The summed E-state index contributed by atoms with van der Waals surface area (Å²) in [5.74, 6) is 1.12. The van der Waals surface area contributed by atoms with Crippen molar-refractivity contribution in [2.24, 2.45) is 11.7 Å². The molecule has 1 fully saturated rings. The molecular formula is C13H17Cl2NO. The van der Waals surface area contributed by atoms with Crippen molar-refractivity contribution < 1.29 is 4.74 Å². The second kappa shape index (κ2) is 5.47. The van der Waals surface area contributed by atoms with Crippen LogP contribution in [0.1, 0.15) is 37.3 Å². The highest BCUT2D eigenvalue weighted by atomic mass is 35.5. The number of benzene rings is 1. The Hall–Kier alpha value is -0.440. The molecule has 1 aromatic carbocycles. The fraction of sp³-hybridized carbons (Fsp3) is 0.538. The molecule has 0 amide bonds. The molecule has 0 heterocycles. The van der Waals surface area contributed by atoms with Gasteiger partial charge in [-0.05, 0) is 30.4 Å². The van der Waals surface area contributed by atoms with Crippen LogP contribution < -0.4 is 10.5 Å². The van der Waals surface area contributed by atoms with Crippen molar-refractivity contribution in [1.29, 1.82) is 0 Å². The monoisotopic (exact) mass is 273 g/mol. The summed E-state index contributed by atoms with van der Waals surface area (Å²) < 4.78 is 5.13. The largest absolute Gasteiger partial charge is 0.495 e. The van der Waals surface area contributed by atoms with Crippen molar-refractivity contribution in [3.8, 4) is 5.75 Å². The zero-order valence-electron chi connectivity index (χ0n) is 9.88. The second-order valence-corrected chi connectivity index (χ2v) is 5.39. The molecule has 0 spiro atoms. The first-order valence-corrected chi connectivity index (χ1v) is 6.67. The van der Waals surface area contributed by atoms with Gasteiger partial charge in [-0.2, -0.15) is 0 Å². The standard InChI is InChI=1S/C13H17Cl2NO/c1-17-12-7-10(14)9(6-11(12)15)13(16)8-4-2-3-5-8/h6-8,13H,2-5,16H2,1H3. The molecule has 0 bridgehead atoms. The van der Waals surface area contributed by atoms with Crippen LogP contribution >= 0.6 is 23.2 Å². The fourth-order valence-corrected chi connectivity index (χ4v) is 3.06. The third kappa shape index (κ3) is 2.70. The summed E-state index contributed by atoms with van der Waals surface area (Å²) >= 11 is 12.3. The first kappa shape index (κ1) is 13.0. The van der Waals surface area contributed by atoms with Crippen molar-refractivity contribution in [2.75, 3.05) is 7.11 Å². The molecule has 0 aliphatic heterocycles. The number of halogens is 2. The minimum absolute atomic E-state index is 0.0200. The van der Waals surface area contributed by atoms with Crippen LogP contribution in [-0.4, -0.2) is 7.11 Å². The van der Waals surface area contributed by atoms with Gasteiger partial charge in [-0.15, -0.1) is 0 Å². The normalized spacial score (nSPS) is 18.4. The molecule has 0 radical (unpaired) electrons. The van der Waals surface area contributed by atoms with Crippen LogP contribution in [0.2, 0.25) is 10.0 Å². The summed E-state index contributed by atoms with van der Waals surface area (Å²) in [7, 11) is 1.58. The quantitative estimate of drug-likeness (QED) is 0.896. The molecule has 17 heavy (non-hydrogen) atoms. The van der Waals surface area contributed by atoms with E-state index in [9.17, 15) is 0 Å². The third-order valence-corrected chi connectivity index (χ3v) is 4.16.